The number of carbonyl (C=O) groups excluding carboxylic acids is 1. The van der Waals surface area contributed by atoms with Crippen molar-refractivity contribution in [3.63, 3.8) is 0 Å². The predicted octanol–water partition coefficient (Wildman–Crippen LogP) is 4.42. The normalized spacial score (nSPS) is 23.3. The highest BCUT2D eigenvalue weighted by Gasteiger charge is 2.46. The molecule has 0 aliphatic carbocycles. The number of rotatable bonds is 3. The molecule has 0 bridgehead atoms. The van der Waals surface area contributed by atoms with Crippen LogP contribution in [0.4, 0.5) is 16.2 Å². The Morgan fingerprint density at radius 2 is 2.00 bits per heavy atom. The summed E-state index contributed by atoms with van der Waals surface area (Å²) in [4.78, 5) is 12.2. The maximum absolute atomic E-state index is 12.2. The van der Waals surface area contributed by atoms with E-state index in [9.17, 15) is 4.79 Å². The summed E-state index contributed by atoms with van der Waals surface area (Å²) < 4.78 is 5.52. The summed E-state index contributed by atoms with van der Waals surface area (Å²) >= 11 is 0. The maximum Gasteiger partial charge on any atom is 0.417 e. The Kier molecular flexibility index (Phi) is 4.11. The van der Waals surface area contributed by atoms with E-state index >= 15 is 0 Å². The van der Waals surface area contributed by atoms with Gasteiger partial charge in [0.15, 0.2) is 0 Å². The van der Waals surface area contributed by atoms with Crippen LogP contribution >= 0.6 is 0 Å². The summed E-state index contributed by atoms with van der Waals surface area (Å²) in [7, 11) is 0. The van der Waals surface area contributed by atoms with Crippen LogP contribution in [-0.4, -0.2) is 18.8 Å². The lowest BCUT2D eigenvalue weighted by Crippen LogP contribution is -2.38. The summed E-state index contributed by atoms with van der Waals surface area (Å²) in [5.74, 6) is 1.03. The van der Waals surface area contributed by atoms with E-state index in [1.54, 1.807) is 0 Å². The number of fused-ring (bicyclic) bond motifs is 3. The van der Waals surface area contributed by atoms with Crippen LogP contribution in [0.25, 0.3) is 0 Å². The molecular weight excluding hydrogens is 326 g/mol. The number of anilines is 2. The summed E-state index contributed by atoms with van der Waals surface area (Å²) in [5.41, 5.74) is 4.33. The first-order valence-corrected chi connectivity index (χ1v) is 9.19. The van der Waals surface area contributed by atoms with Crippen LogP contribution in [0.3, 0.4) is 0 Å². The van der Waals surface area contributed by atoms with Crippen molar-refractivity contribution in [2.75, 3.05) is 17.2 Å². The molecule has 3 N–H and O–H groups in total. The molecule has 26 heavy (non-hydrogen) atoms. The Morgan fingerprint density at radius 1 is 1.23 bits per heavy atom. The summed E-state index contributed by atoms with van der Waals surface area (Å²) in [6.07, 6.45) is 0.843. The van der Waals surface area contributed by atoms with E-state index in [4.69, 9.17) is 4.74 Å². The molecule has 5 heteroatoms. The SMILES string of the molecule is CC(C)c1ccc(NC(=O)Oc2ccc3c(c2)[C@@]2(C)CCNC2N3)cc1. The van der Waals surface area contributed by atoms with Gasteiger partial charge in [0, 0.05) is 16.8 Å². The predicted molar refractivity (Wildman–Crippen MR) is 104 cm³/mol. The number of nitrogens with one attached hydrogen (secondary N) is 3. The summed E-state index contributed by atoms with van der Waals surface area (Å²) in [5, 5.41) is 9.78. The van der Waals surface area contributed by atoms with Gasteiger partial charge in [0.1, 0.15) is 5.75 Å². The second-order valence-corrected chi connectivity index (χ2v) is 7.70. The van der Waals surface area contributed by atoms with Gasteiger partial charge >= 0.3 is 6.09 Å². The second-order valence-electron chi connectivity index (χ2n) is 7.70. The highest BCUT2D eigenvalue weighted by Crippen LogP contribution is 2.46. The number of ether oxygens (including phenoxy) is 1. The average Bonchev–Trinajstić information content (AvgIpc) is 3.09. The van der Waals surface area contributed by atoms with Crippen molar-refractivity contribution in [2.45, 2.75) is 44.7 Å². The van der Waals surface area contributed by atoms with Crippen molar-refractivity contribution in [1.29, 1.82) is 0 Å². The molecule has 4 rings (SSSR count). The molecule has 0 radical (unpaired) electrons. The van der Waals surface area contributed by atoms with Crippen LogP contribution in [-0.2, 0) is 5.41 Å². The van der Waals surface area contributed by atoms with Gasteiger partial charge < -0.3 is 10.1 Å². The monoisotopic (exact) mass is 351 g/mol. The number of hydrogen-bond donors (Lipinski definition) is 3. The largest absolute Gasteiger partial charge is 0.417 e. The lowest BCUT2D eigenvalue weighted by atomic mass is 9.81. The highest BCUT2D eigenvalue weighted by molar-refractivity contribution is 5.86. The van der Waals surface area contributed by atoms with Gasteiger partial charge in [0.25, 0.3) is 0 Å². The fourth-order valence-electron chi connectivity index (χ4n) is 3.89. The molecule has 0 spiro atoms. The molecule has 2 aromatic rings. The van der Waals surface area contributed by atoms with Crippen LogP contribution < -0.4 is 20.7 Å². The Labute approximate surface area is 154 Å². The molecule has 2 heterocycles. The molecule has 0 saturated carbocycles. The van der Waals surface area contributed by atoms with Crippen LogP contribution in [0, 0.1) is 0 Å². The number of benzene rings is 2. The van der Waals surface area contributed by atoms with E-state index in [1.165, 1.54) is 11.1 Å². The van der Waals surface area contributed by atoms with Crippen molar-refractivity contribution in [3.8, 4) is 5.75 Å². The molecule has 2 aliphatic rings. The third-order valence-corrected chi connectivity index (χ3v) is 5.57. The molecule has 1 saturated heterocycles. The van der Waals surface area contributed by atoms with Gasteiger partial charge in [-0.2, -0.15) is 0 Å². The van der Waals surface area contributed by atoms with Crippen LogP contribution in [0.5, 0.6) is 5.75 Å². The van der Waals surface area contributed by atoms with Crippen LogP contribution in [0.1, 0.15) is 44.2 Å². The van der Waals surface area contributed by atoms with Gasteiger partial charge in [0.2, 0.25) is 0 Å². The fourth-order valence-corrected chi connectivity index (χ4v) is 3.89. The van der Waals surface area contributed by atoms with Crippen LogP contribution in [0.2, 0.25) is 0 Å². The van der Waals surface area contributed by atoms with Crippen molar-refractivity contribution in [1.82, 2.24) is 5.32 Å². The van der Waals surface area contributed by atoms with E-state index < -0.39 is 6.09 Å². The number of carbonyl (C=O) groups is 1. The van der Waals surface area contributed by atoms with Gasteiger partial charge in [-0.1, -0.05) is 32.9 Å². The fraction of sp³-hybridized carbons (Fsp3) is 0.381. The van der Waals surface area contributed by atoms with Gasteiger partial charge in [-0.05, 0) is 60.3 Å². The van der Waals surface area contributed by atoms with Gasteiger partial charge in [0.05, 0.1) is 6.17 Å². The lowest BCUT2D eigenvalue weighted by Gasteiger charge is -2.23. The molecule has 136 valence electrons. The van der Waals surface area contributed by atoms with Gasteiger partial charge in [-0.15, -0.1) is 0 Å². The third kappa shape index (κ3) is 2.92. The van der Waals surface area contributed by atoms with Crippen molar-refractivity contribution in [3.05, 3.63) is 53.6 Å². The first kappa shape index (κ1) is 16.9. The quantitative estimate of drug-likeness (QED) is 0.766. The molecule has 1 unspecified atom stereocenters. The second kappa shape index (κ2) is 6.32. The standard InChI is InChI=1S/C21H25N3O2/c1-13(2)14-4-6-15(7-5-14)23-20(25)26-16-8-9-18-17(12-16)21(3)10-11-22-19(21)24-18/h4-9,12-13,19,22,24H,10-11H2,1-3H3,(H,23,25)/t19?,21-/m1/s1. The lowest BCUT2D eigenvalue weighted by molar-refractivity contribution is 0.215. The molecule has 2 aliphatic heterocycles. The van der Waals surface area contributed by atoms with E-state index in [2.05, 4.69) is 36.7 Å². The minimum absolute atomic E-state index is 0.0395. The van der Waals surface area contributed by atoms with Crippen molar-refractivity contribution < 1.29 is 9.53 Å². The van der Waals surface area contributed by atoms with E-state index in [1.807, 2.05) is 42.5 Å². The molecule has 2 aromatic carbocycles. The summed E-state index contributed by atoms with van der Waals surface area (Å²) in [6.45, 7) is 7.52. The zero-order valence-corrected chi connectivity index (χ0v) is 15.4. The van der Waals surface area contributed by atoms with E-state index in [0.29, 0.717) is 11.7 Å². The minimum Gasteiger partial charge on any atom is -0.410 e. The Balaban J connectivity index is 1.45. The Hall–Kier alpha value is -2.53. The van der Waals surface area contributed by atoms with E-state index in [0.717, 1.165) is 24.3 Å². The molecule has 2 atom stereocenters. The molecule has 1 fully saturated rings. The smallest absolute Gasteiger partial charge is 0.410 e. The van der Waals surface area contributed by atoms with Crippen LogP contribution in [0.15, 0.2) is 42.5 Å². The number of amides is 1. The molecule has 0 aromatic heterocycles. The Bertz CT molecular complexity index is 832. The first-order valence-electron chi connectivity index (χ1n) is 9.19. The van der Waals surface area contributed by atoms with Gasteiger partial charge in [-0.3, -0.25) is 10.6 Å². The van der Waals surface area contributed by atoms with E-state index in [-0.39, 0.29) is 11.6 Å². The third-order valence-electron chi connectivity index (χ3n) is 5.57. The summed E-state index contributed by atoms with van der Waals surface area (Å²) in [6, 6.07) is 13.7. The van der Waals surface area contributed by atoms with Crippen molar-refractivity contribution >= 4 is 17.5 Å². The minimum atomic E-state index is -0.473. The average molecular weight is 351 g/mol. The molecule has 1 amide bonds. The molecule has 5 nitrogen and oxygen atoms in total. The number of hydrogen-bond acceptors (Lipinski definition) is 4. The Morgan fingerprint density at radius 3 is 2.73 bits per heavy atom. The zero-order chi connectivity index (χ0) is 18.3. The topological polar surface area (TPSA) is 62.4 Å². The first-order chi connectivity index (χ1) is 12.5. The van der Waals surface area contributed by atoms with Crippen molar-refractivity contribution in [2.24, 2.45) is 0 Å². The highest BCUT2D eigenvalue weighted by atomic mass is 16.6. The van der Waals surface area contributed by atoms with Gasteiger partial charge in [-0.25, -0.2) is 4.79 Å². The molecular formula is C21H25N3O2. The maximum atomic E-state index is 12.2. The zero-order valence-electron chi connectivity index (χ0n) is 15.4.